The van der Waals surface area contributed by atoms with Crippen molar-refractivity contribution in [3.8, 4) is 5.75 Å². The van der Waals surface area contributed by atoms with Gasteiger partial charge >= 0.3 is 0 Å². The van der Waals surface area contributed by atoms with Crippen molar-refractivity contribution in [2.45, 2.75) is 20.3 Å². The molecule has 0 radical (unpaired) electrons. The van der Waals surface area contributed by atoms with Crippen molar-refractivity contribution >= 4 is 23.2 Å². The Balaban J connectivity index is 1.58. The Hall–Kier alpha value is -2.82. The molecule has 0 heterocycles. The lowest BCUT2D eigenvalue weighted by atomic mass is 10.2. The molecule has 1 saturated carbocycles. The number of rotatable bonds is 7. The highest BCUT2D eigenvalue weighted by atomic mass is 16.5. The molecule has 0 saturated heterocycles. The zero-order chi connectivity index (χ0) is 18.5. The van der Waals surface area contributed by atoms with E-state index in [1.54, 1.807) is 4.90 Å². The van der Waals surface area contributed by atoms with Crippen molar-refractivity contribution in [3.63, 3.8) is 0 Å². The van der Waals surface area contributed by atoms with E-state index in [-0.39, 0.29) is 23.7 Å². The molecular weight excluding hydrogens is 328 g/mol. The zero-order valence-corrected chi connectivity index (χ0v) is 15.1. The maximum Gasteiger partial charge on any atom is 0.230 e. The number of amides is 2. The van der Waals surface area contributed by atoms with Crippen LogP contribution in [0.25, 0.3) is 0 Å². The molecule has 0 bridgehead atoms. The average Bonchev–Trinajstić information content (AvgIpc) is 3.46. The van der Waals surface area contributed by atoms with Crippen LogP contribution in [0.3, 0.4) is 0 Å². The number of benzene rings is 2. The first-order valence-corrected chi connectivity index (χ1v) is 9.04. The molecule has 0 aliphatic heterocycles. The molecule has 136 valence electrons. The fraction of sp³-hybridized carbons (Fsp3) is 0.333. The number of nitrogens with one attached hydrogen (secondary N) is 1. The first-order chi connectivity index (χ1) is 12.6. The van der Waals surface area contributed by atoms with E-state index in [1.807, 2.05) is 68.4 Å². The van der Waals surface area contributed by atoms with Crippen LogP contribution in [0.1, 0.15) is 20.3 Å². The number of anilines is 2. The average molecular weight is 352 g/mol. The smallest absolute Gasteiger partial charge is 0.230 e. The predicted octanol–water partition coefficient (Wildman–Crippen LogP) is 3.71. The molecule has 1 aliphatic carbocycles. The molecule has 1 aliphatic rings. The molecule has 2 aromatic rings. The van der Waals surface area contributed by atoms with E-state index in [0.29, 0.717) is 25.3 Å². The van der Waals surface area contributed by atoms with Crippen molar-refractivity contribution in [1.29, 1.82) is 0 Å². The van der Waals surface area contributed by atoms with E-state index in [9.17, 15) is 9.59 Å². The van der Waals surface area contributed by atoms with Crippen molar-refractivity contribution in [3.05, 3.63) is 54.6 Å². The van der Waals surface area contributed by atoms with Gasteiger partial charge in [-0.2, -0.15) is 0 Å². The van der Waals surface area contributed by atoms with Gasteiger partial charge in [0, 0.05) is 17.9 Å². The highest BCUT2D eigenvalue weighted by Crippen LogP contribution is 2.41. The topological polar surface area (TPSA) is 58.6 Å². The number of nitrogens with zero attached hydrogens (tertiary/aromatic N) is 1. The molecule has 1 N–H and O–H groups in total. The first-order valence-electron chi connectivity index (χ1n) is 9.04. The first kappa shape index (κ1) is 18.0. The minimum atomic E-state index is -0.258. The fourth-order valence-corrected chi connectivity index (χ4v) is 3.07. The van der Waals surface area contributed by atoms with E-state index in [1.165, 1.54) is 0 Å². The SMILES string of the molecule is CCOc1ccc(NC(=O)C2CC2C(=O)N(CC)c2ccccc2)cc1. The van der Waals surface area contributed by atoms with Gasteiger partial charge in [-0.3, -0.25) is 9.59 Å². The highest BCUT2D eigenvalue weighted by molar-refractivity contribution is 6.04. The summed E-state index contributed by atoms with van der Waals surface area (Å²) in [5.41, 5.74) is 1.59. The second-order valence-corrected chi connectivity index (χ2v) is 6.31. The van der Waals surface area contributed by atoms with Gasteiger partial charge in [0.1, 0.15) is 5.75 Å². The number of para-hydroxylation sites is 1. The quantitative estimate of drug-likeness (QED) is 0.826. The maximum atomic E-state index is 12.8. The lowest BCUT2D eigenvalue weighted by molar-refractivity contribution is -0.123. The van der Waals surface area contributed by atoms with Crippen molar-refractivity contribution in [1.82, 2.24) is 0 Å². The molecule has 2 aromatic carbocycles. The van der Waals surface area contributed by atoms with E-state index >= 15 is 0 Å². The lowest BCUT2D eigenvalue weighted by Crippen LogP contribution is -2.33. The summed E-state index contributed by atoms with van der Waals surface area (Å²) in [6.45, 7) is 5.07. The fourth-order valence-electron chi connectivity index (χ4n) is 3.07. The molecule has 2 unspecified atom stereocenters. The predicted molar refractivity (Wildman–Crippen MR) is 102 cm³/mol. The van der Waals surface area contributed by atoms with Crippen LogP contribution in [-0.2, 0) is 9.59 Å². The van der Waals surface area contributed by atoms with Gasteiger partial charge in [0.15, 0.2) is 0 Å². The molecule has 0 aromatic heterocycles. The van der Waals surface area contributed by atoms with Gasteiger partial charge in [-0.05, 0) is 56.7 Å². The van der Waals surface area contributed by atoms with Crippen LogP contribution in [-0.4, -0.2) is 25.0 Å². The summed E-state index contributed by atoms with van der Waals surface area (Å²) in [6, 6.07) is 16.8. The summed E-state index contributed by atoms with van der Waals surface area (Å²) in [5, 5.41) is 2.89. The van der Waals surface area contributed by atoms with Gasteiger partial charge in [-0.1, -0.05) is 18.2 Å². The van der Waals surface area contributed by atoms with Gasteiger partial charge in [-0.15, -0.1) is 0 Å². The Bertz CT molecular complexity index is 759. The monoisotopic (exact) mass is 352 g/mol. The van der Waals surface area contributed by atoms with E-state index in [4.69, 9.17) is 4.74 Å². The second kappa shape index (κ2) is 8.04. The van der Waals surface area contributed by atoms with Crippen LogP contribution in [0.4, 0.5) is 11.4 Å². The number of hydrogen-bond acceptors (Lipinski definition) is 3. The largest absolute Gasteiger partial charge is 0.494 e. The Kier molecular flexibility index (Phi) is 5.56. The maximum absolute atomic E-state index is 12.8. The third-order valence-corrected chi connectivity index (χ3v) is 4.53. The Morgan fingerprint density at radius 2 is 1.73 bits per heavy atom. The van der Waals surface area contributed by atoms with E-state index < -0.39 is 0 Å². The van der Waals surface area contributed by atoms with E-state index in [0.717, 1.165) is 11.4 Å². The van der Waals surface area contributed by atoms with Gasteiger partial charge in [0.05, 0.1) is 18.4 Å². The minimum absolute atomic E-state index is 0.0190. The highest BCUT2D eigenvalue weighted by Gasteiger charge is 2.49. The van der Waals surface area contributed by atoms with Gasteiger partial charge < -0.3 is 15.0 Å². The zero-order valence-electron chi connectivity index (χ0n) is 15.1. The molecule has 2 atom stereocenters. The molecule has 26 heavy (non-hydrogen) atoms. The van der Waals surface area contributed by atoms with E-state index in [2.05, 4.69) is 5.32 Å². The van der Waals surface area contributed by atoms with Crippen LogP contribution < -0.4 is 15.0 Å². The summed E-state index contributed by atoms with van der Waals surface area (Å²) in [7, 11) is 0. The number of carbonyl (C=O) groups is 2. The summed E-state index contributed by atoms with van der Waals surface area (Å²) < 4.78 is 5.39. The Morgan fingerprint density at radius 3 is 2.35 bits per heavy atom. The molecule has 0 spiro atoms. The number of carbonyl (C=O) groups excluding carboxylic acids is 2. The summed E-state index contributed by atoms with van der Waals surface area (Å²) in [4.78, 5) is 26.9. The standard InChI is InChI=1S/C21H24N2O3/c1-3-23(16-8-6-5-7-9-16)21(25)19-14-18(19)20(24)22-15-10-12-17(13-11-15)26-4-2/h5-13,18-19H,3-4,14H2,1-2H3,(H,22,24). The summed E-state index contributed by atoms with van der Waals surface area (Å²) in [6.07, 6.45) is 0.602. The number of hydrogen-bond donors (Lipinski definition) is 1. The third kappa shape index (κ3) is 4.04. The second-order valence-electron chi connectivity index (χ2n) is 6.31. The van der Waals surface area contributed by atoms with Crippen LogP contribution in [0.2, 0.25) is 0 Å². The Labute approximate surface area is 154 Å². The minimum Gasteiger partial charge on any atom is -0.494 e. The molecule has 1 fully saturated rings. The molecule has 2 amide bonds. The van der Waals surface area contributed by atoms with Crippen molar-refractivity contribution < 1.29 is 14.3 Å². The van der Waals surface area contributed by atoms with Crippen molar-refractivity contribution in [2.75, 3.05) is 23.4 Å². The third-order valence-electron chi connectivity index (χ3n) is 4.53. The normalized spacial score (nSPS) is 18.1. The van der Waals surface area contributed by atoms with Crippen LogP contribution in [0.5, 0.6) is 5.75 Å². The summed E-state index contributed by atoms with van der Waals surface area (Å²) in [5.74, 6) is 0.193. The molecular formula is C21H24N2O3. The summed E-state index contributed by atoms with van der Waals surface area (Å²) >= 11 is 0. The van der Waals surface area contributed by atoms with Crippen LogP contribution in [0, 0.1) is 11.8 Å². The lowest BCUT2D eigenvalue weighted by Gasteiger charge is -2.21. The van der Waals surface area contributed by atoms with Crippen LogP contribution in [0.15, 0.2) is 54.6 Å². The Morgan fingerprint density at radius 1 is 1.04 bits per heavy atom. The molecule has 3 rings (SSSR count). The van der Waals surface area contributed by atoms with Crippen molar-refractivity contribution in [2.24, 2.45) is 11.8 Å². The van der Waals surface area contributed by atoms with Crippen LogP contribution >= 0.6 is 0 Å². The molecule has 5 nitrogen and oxygen atoms in total. The molecule has 5 heteroatoms. The van der Waals surface area contributed by atoms with Gasteiger partial charge in [0.2, 0.25) is 11.8 Å². The van der Waals surface area contributed by atoms with Gasteiger partial charge in [0.25, 0.3) is 0 Å². The van der Waals surface area contributed by atoms with Gasteiger partial charge in [-0.25, -0.2) is 0 Å². The number of ether oxygens (including phenoxy) is 1.